The quantitative estimate of drug-likeness (QED) is 0.620. The molecule has 3 amide bonds. The van der Waals surface area contributed by atoms with Crippen molar-refractivity contribution in [3.63, 3.8) is 0 Å². The first kappa shape index (κ1) is 17.5. The second kappa shape index (κ2) is 7.63. The highest BCUT2D eigenvalue weighted by Gasteiger charge is 2.36. The van der Waals surface area contributed by atoms with Crippen molar-refractivity contribution in [2.24, 2.45) is 0 Å². The maximum absolute atomic E-state index is 12.4. The number of hydrogen-bond acceptors (Lipinski definition) is 5. The SMILES string of the molecule is CCN(C(=O)C=Cc1ccc(OC)c(OC)c1)C1CC(=O)NC1=O. The largest absolute Gasteiger partial charge is 0.493 e. The van der Waals surface area contributed by atoms with E-state index in [0.717, 1.165) is 5.56 Å². The van der Waals surface area contributed by atoms with Crippen molar-refractivity contribution >= 4 is 23.8 Å². The normalized spacial score (nSPS) is 17.0. The van der Waals surface area contributed by atoms with Gasteiger partial charge in [0.2, 0.25) is 17.7 Å². The predicted molar refractivity (Wildman–Crippen MR) is 87.5 cm³/mol. The first-order chi connectivity index (χ1) is 11.5. The van der Waals surface area contributed by atoms with Crippen molar-refractivity contribution in [1.82, 2.24) is 10.2 Å². The number of rotatable bonds is 6. The number of nitrogens with zero attached hydrogens (tertiary/aromatic N) is 1. The number of likely N-dealkylation sites (N-methyl/N-ethyl adjacent to an activating group) is 1. The van der Waals surface area contributed by atoms with Crippen molar-refractivity contribution in [1.29, 1.82) is 0 Å². The van der Waals surface area contributed by atoms with Crippen LogP contribution < -0.4 is 14.8 Å². The van der Waals surface area contributed by atoms with Crippen LogP contribution in [-0.4, -0.2) is 49.4 Å². The van der Waals surface area contributed by atoms with Crippen LogP contribution >= 0.6 is 0 Å². The summed E-state index contributed by atoms with van der Waals surface area (Å²) in [5.41, 5.74) is 0.754. The van der Waals surface area contributed by atoms with Gasteiger partial charge in [-0.15, -0.1) is 0 Å². The lowest BCUT2D eigenvalue weighted by atomic mass is 10.1. The molecule has 1 saturated heterocycles. The summed E-state index contributed by atoms with van der Waals surface area (Å²) < 4.78 is 10.4. The molecule has 1 atom stereocenters. The van der Waals surface area contributed by atoms with E-state index in [1.165, 1.54) is 18.1 Å². The molecular formula is C17H20N2O5. The van der Waals surface area contributed by atoms with Crippen LogP contribution in [0.3, 0.4) is 0 Å². The van der Waals surface area contributed by atoms with E-state index in [2.05, 4.69) is 5.32 Å². The van der Waals surface area contributed by atoms with Crippen molar-refractivity contribution in [2.75, 3.05) is 20.8 Å². The van der Waals surface area contributed by atoms with E-state index in [1.807, 2.05) is 0 Å². The van der Waals surface area contributed by atoms with Crippen LogP contribution in [0.15, 0.2) is 24.3 Å². The molecule has 7 nitrogen and oxygen atoms in total. The van der Waals surface area contributed by atoms with Gasteiger partial charge in [-0.3, -0.25) is 19.7 Å². The average Bonchev–Trinajstić information content (AvgIpc) is 2.91. The second-order valence-corrected chi connectivity index (χ2v) is 5.20. The molecule has 1 aromatic rings. The van der Waals surface area contributed by atoms with Crippen molar-refractivity contribution < 1.29 is 23.9 Å². The standard InChI is InChI=1S/C17H20N2O5/c1-4-19(12-10-15(20)18-17(12)22)16(21)8-6-11-5-7-13(23-2)14(9-11)24-3/h5-9,12H,4,10H2,1-3H3,(H,18,20,22). The van der Waals surface area contributed by atoms with Crippen LogP contribution in [0.5, 0.6) is 11.5 Å². The topological polar surface area (TPSA) is 84.9 Å². The van der Waals surface area contributed by atoms with E-state index in [1.54, 1.807) is 38.3 Å². The number of hydrogen-bond donors (Lipinski definition) is 1. The highest BCUT2D eigenvalue weighted by Crippen LogP contribution is 2.28. The zero-order valence-corrected chi connectivity index (χ0v) is 13.9. The van der Waals surface area contributed by atoms with E-state index in [-0.39, 0.29) is 18.2 Å². The lowest BCUT2D eigenvalue weighted by molar-refractivity contribution is -0.135. The summed E-state index contributed by atoms with van der Waals surface area (Å²) >= 11 is 0. The number of methoxy groups -OCH3 is 2. The lowest BCUT2D eigenvalue weighted by Gasteiger charge is -2.23. The molecule has 1 unspecified atom stereocenters. The van der Waals surface area contributed by atoms with Crippen molar-refractivity contribution in [3.05, 3.63) is 29.8 Å². The minimum Gasteiger partial charge on any atom is -0.493 e. The van der Waals surface area contributed by atoms with Gasteiger partial charge < -0.3 is 14.4 Å². The van der Waals surface area contributed by atoms with Crippen LogP contribution in [0.1, 0.15) is 18.9 Å². The molecule has 1 aromatic carbocycles. The Balaban J connectivity index is 2.14. The number of carbonyl (C=O) groups excluding carboxylic acids is 3. The Bertz CT molecular complexity index is 684. The summed E-state index contributed by atoms with van der Waals surface area (Å²) in [5, 5.41) is 2.21. The van der Waals surface area contributed by atoms with Gasteiger partial charge >= 0.3 is 0 Å². The van der Waals surface area contributed by atoms with Gasteiger partial charge in [-0.25, -0.2) is 0 Å². The van der Waals surface area contributed by atoms with Gasteiger partial charge in [0, 0.05) is 12.6 Å². The summed E-state index contributed by atoms with van der Waals surface area (Å²) in [5.74, 6) is 0.0227. The summed E-state index contributed by atoms with van der Waals surface area (Å²) in [7, 11) is 3.08. The van der Waals surface area contributed by atoms with Crippen molar-refractivity contribution in [2.45, 2.75) is 19.4 Å². The molecule has 128 valence electrons. The van der Waals surface area contributed by atoms with Gasteiger partial charge in [0.15, 0.2) is 11.5 Å². The van der Waals surface area contributed by atoms with Gasteiger partial charge in [0.1, 0.15) is 6.04 Å². The number of nitrogens with one attached hydrogen (secondary N) is 1. The summed E-state index contributed by atoms with van der Waals surface area (Å²) in [4.78, 5) is 36.8. The molecule has 1 heterocycles. The predicted octanol–water partition coefficient (Wildman–Crippen LogP) is 0.981. The fourth-order valence-electron chi connectivity index (χ4n) is 2.54. The highest BCUT2D eigenvalue weighted by atomic mass is 16.5. The van der Waals surface area contributed by atoms with Gasteiger partial charge in [0.25, 0.3) is 0 Å². The van der Waals surface area contributed by atoms with E-state index in [0.29, 0.717) is 18.0 Å². The van der Waals surface area contributed by atoms with Crippen LogP contribution in [0.2, 0.25) is 0 Å². The molecular weight excluding hydrogens is 312 g/mol. The summed E-state index contributed by atoms with van der Waals surface area (Å²) in [6.45, 7) is 2.10. The fourth-order valence-corrected chi connectivity index (χ4v) is 2.54. The van der Waals surface area contributed by atoms with Gasteiger partial charge in [-0.1, -0.05) is 6.07 Å². The smallest absolute Gasteiger partial charge is 0.249 e. The molecule has 1 fully saturated rings. The zero-order chi connectivity index (χ0) is 17.7. The maximum Gasteiger partial charge on any atom is 0.249 e. The minimum absolute atomic E-state index is 0.00259. The second-order valence-electron chi connectivity index (χ2n) is 5.20. The molecule has 0 spiro atoms. The number of carbonyl (C=O) groups is 3. The molecule has 0 saturated carbocycles. The number of amides is 3. The van der Waals surface area contributed by atoms with E-state index < -0.39 is 11.9 Å². The molecule has 24 heavy (non-hydrogen) atoms. The Hall–Kier alpha value is -2.83. The zero-order valence-electron chi connectivity index (χ0n) is 13.9. The molecule has 1 aliphatic rings. The third-order valence-electron chi connectivity index (χ3n) is 3.77. The molecule has 1 aliphatic heterocycles. The molecule has 0 radical (unpaired) electrons. The minimum atomic E-state index is -0.745. The van der Waals surface area contributed by atoms with Crippen LogP contribution in [0.4, 0.5) is 0 Å². The molecule has 0 aromatic heterocycles. The molecule has 0 bridgehead atoms. The number of benzene rings is 1. The monoisotopic (exact) mass is 332 g/mol. The summed E-state index contributed by atoms with van der Waals surface area (Å²) in [6, 6.07) is 4.52. The van der Waals surface area contributed by atoms with Gasteiger partial charge in [0.05, 0.1) is 20.6 Å². The Kier molecular flexibility index (Phi) is 5.57. The third-order valence-corrected chi connectivity index (χ3v) is 3.77. The Morgan fingerprint density at radius 2 is 2.00 bits per heavy atom. The van der Waals surface area contributed by atoms with Crippen LogP contribution in [0.25, 0.3) is 6.08 Å². The van der Waals surface area contributed by atoms with Crippen LogP contribution in [-0.2, 0) is 14.4 Å². The first-order valence-electron chi connectivity index (χ1n) is 7.54. The maximum atomic E-state index is 12.4. The number of imide groups is 1. The third kappa shape index (κ3) is 3.73. The average molecular weight is 332 g/mol. The fraction of sp³-hybridized carbons (Fsp3) is 0.353. The summed E-state index contributed by atoms with van der Waals surface area (Å²) in [6.07, 6.45) is 3.01. The Morgan fingerprint density at radius 1 is 1.29 bits per heavy atom. The molecule has 7 heteroatoms. The van der Waals surface area contributed by atoms with Crippen LogP contribution in [0, 0.1) is 0 Å². The first-order valence-corrected chi connectivity index (χ1v) is 7.54. The van der Waals surface area contributed by atoms with Gasteiger partial charge in [-0.05, 0) is 30.7 Å². The lowest BCUT2D eigenvalue weighted by Crippen LogP contribution is -2.43. The van der Waals surface area contributed by atoms with E-state index in [4.69, 9.17) is 9.47 Å². The molecule has 0 aliphatic carbocycles. The van der Waals surface area contributed by atoms with Crippen molar-refractivity contribution in [3.8, 4) is 11.5 Å². The Morgan fingerprint density at radius 3 is 2.54 bits per heavy atom. The van der Waals surface area contributed by atoms with E-state index in [9.17, 15) is 14.4 Å². The van der Waals surface area contributed by atoms with Gasteiger partial charge in [-0.2, -0.15) is 0 Å². The molecule has 1 N–H and O–H groups in total. The molecule has 2 rings (SSSR count). The Labute approximate surface area is 140 Å². The highest BCUT2D eigenvalue weighted by molar-refractivity contribution is 6.07. The van der Waals surface area contributed by atoms with E-state index >= 15 is 0 Å². The number of ether oxygens (including phenoxy) is 2.